The Morgan fingerprint density at radius 3 is 2.25 bits per heavy atom. The first-order chi connectivity index (χ1) is 15.2. The van der Waals surface area contributed by atoms with Crippen LogP contribution in [0.3, 0.4) is 0 Å². The Morgan fingerprint density at radius 2 is 1.62 bits per heavy atom. The van der Waals surface area contributed by atoms with E-state index in [0.717, 1.165) is 11.3 Å². The van der Waals surface area contributed by atoms with Crippen LogP contribution in [0.2, 0.25) is 0 Å². The predicted molar refractivity (Wildman–Crippen MR) is 127 cm³/mol. The van der Waals surface area contributed by atoms with E-state index in [4.69, 9.17) is 14.1 Å². The average Bonchev–Trinajstić information content (AvgIpc) is 2.77. The van der Waals surface area contributed by atoms with Gasteiger partial charge in [0.05, 0.1) is 12.7 Å². The van der Waals surface area contributed by atoms with Crippen LogP contribution in [0.1, 0.15) is 43.1 Å². The first-order valence-corrected chi connectivity index (χ1v) is 10.6. The molecule has 0 heterocycles. The van der Waals surface area contributed by atoms with Gasteiger partial charge in [0, 0.05) is 12.0 Å². The van der Waals surface area contributed by atoms with Gasteiger partial charge in [-0.2, -0.15) is 0 Å². The van der Waals surface area contributed by atoms with Crippen molar-refractivity contribution in [2.75, 3.05) is 7.11 Å². The van der Waals surface area contributed by atoms with E-state index in [1.165, 1.54) is 0 Å². The fourth-order valence-corrected chi connectivity index (χ4v) is 3.21. The number of para-hydroxylation sites is 1. The Labute approximate surface area is 190 Å². The van der Waals surface area contributed by atoms with Gasteiger partial charge in [-0.15, -0.1) is 0 Å². The SMILES string of the molecule is COc1ccc(CCC(=O)c2cc(B(O)OC(C)(C)C)ccc2Oc2ccccc2)cc1. The molecular formula is C26H29BO5. The number of benzene rings is 3. The highest BCUT2D eigenvalue weighted by molar-refractivity contribution is 6.60. The van der Waals surface area contributed by atoms with Crippen molar-refractivity contribution in [3.05, 3.63) is 83.9 Å². The maximum absolute atomic E-state index is 13.2. The highest BCUT2D eigenvalue weighted by Gasteiger charge is 2.26. The van der Waals surface area contributed by atoms with Crippen LogP contribution in [-0.2, 0) is 11.1 Å². The van der Waals surface area contributed by atoms with Gasteiger partial charge in [0.25, 0.3) is 0 Å². The summed E-state index contributed by atoms with van der Waals surface area (Å²) in [6.07, 6.45) is 0.885. The molecule has 5 nitrogen and oxygen atoms in total. The Kier molecular flexibility index (Phi) is 7.73. The molecule has 0 aliphatic rings. The van der Waals surface area contributed by atoms with Crippen LogP contribution in [0.5, 0.6) is 17.2 Å². The van der Waals surface area contributed by atoms with Crippen LogP contribution in [0.4, 0.5) is 0 Å². The van der Waals surface area contributed by atoms with Gasteiger partial charge < -0.3 is 19.2 Å². The minimum absolute atomic E-state index is 0.0726. The number of methoxy groups -OCH3 is 1. The van der Waals surface area contributed by atoms with E-state index in [1.54, 1.807) is 25.3 Å². The zero-order chi connectivity index (χ0) is 23.1. The standard InChI is InChI=1S/C26H29BO5/c1-26(2,3)32-27(29)20-13-17-25(31-22-8-6-5-7-9-22)23(18-20)24(28)16-12-19-10-14-21(30-4)15-11-19/h5-11,13-15,17-18,29H,12,16H2,1-4H3. The lowest BCUT2D eigenvalue weighted by molar-refractivity contribution is 0.0980. The fourth-order valence-electron chi connectivity index (χ4n) is 3.21. The molecule has 0 atom stereocenters. The summed E-state index contributed by atoms with van der Waals surface area (Å²) in [5, 5.41) is 10.5. The zero-order valence-electron chi connectivity index (χ0n) is 19.0. The first kappa shape index (κ1) is 23.6. The van der Waals surface area contributed by atoms with E-state index in [0.29, 0.717) is 35.4 Å². The molecule has 0 aromatic heterocycles. The number of ether oxygens (including phenoxy) is 2. The van der Waals surface area contributed by atoms with E-state index in [-0.39, 0.29) is 5.78 Å². The third-order valence-corrected chi connectivity index (χ3v) is 4.83. The molecule has 166 valence electrons. The maximum atomic E-state index is 13.2. The second kappa shape index (κ2) is 10.5. The number of carbonyl (C=O) groups excluding carboxylic acids is 1. The molecule has 0 bridgehead atoms. The third-order valence-electron chi connectivity index (χ3n) is 4.83. The van der Waals surface area contributed by atoms with Crippen LogP contribution in [0.15, 0.2) is 72.8 Å². The van der Waals surface area contributed by atoms with Crippen molar-refractivity contribution in [3.63, 3.8) is 0 Å². The second-order valence-electron chi connectivity index (χ2n) is 8.52. The molecule has 0 unspecified atom stereocenters. The van der Waals surface area contributed by atoms with Crippen molar-refractivity contribution in [3.8, 4) is 17.2 Å². The van der Waals surface area contributed by atoms with E-state index >= 15 is 0 Å². The van der Waals surface area contributed by atoms with Gasteiger partial charge in [-0.25, -0.2) is 0 Å². The number of Topliss-reactive ketones (excluding diaryl/α,β-unsaturated/α-hetero) is 1. The molecule has 3 aromatic rings. The van der Waals surface area contributed by atoms with Crippen molar-refractivity contribution in [2.45, 2.75) is 39.2 Å². The quantitative estimate of drug-likeness (QED) is 0.389. The number of aryl methyl sites for hydroxylation is 1. The van der Waals surface area contributed by atoms with Crippen molar-refractivity contribution >= 4 is 18.4 Å². The minimum Gasteiger partial charge on any atom is -0.497 e. The monoisotopic (exact) mass is 432 g/mol. The molecule has 0 saturated heterocycles. The van der Waals surface area contributed by atoms with Crippen LogP contribution in [0.25, 0.3) is 0 Å². The van der Waals surface area contributed by atoms with Gasteiger partial charge >= 0.3 is 7.12 Å². The second-order valence-corrected chi connectivity index (χ2v) is 8.52. The number of ketones is 1. The largest absolute Gasteiger partial charge is 0.497 e. The average molecular weight is 432 g/mol. The molecule has 32 heavy (non-hydrogen) atoms. The van der Waals surface area contributed by atoms with E-state index < -0.39 is 12.7 Å². The summed E-state index contributed by atoms with van der Waals surface area (Å²) < 4.78 is 16.8. The maximum Gasteiger partial charge on any atom is 0.491 e. The summed E-state index contributed by atoms with van der Waals surface area (Å²) in [5.41, 5.74) is 1.43. The van der Waals surface area contributed by atoms with Crippen molar-refractivity contribution in [2.24, 2.45) is 0 Å². The molecule has 0 radical (unpaired) electrons. The molecule has 6 heteroatoms. The first-order valence-electron chi connectivity index (χ1n) is 10.6. The van der Waals surface area contributed by atoms with Crippen LogP contribution >= 0.6 is 0 Å². The molecule has 0 fully saturated rings. The summed E-state index contributed by atoms with van der Waals surface area (Å²) in [6, 6.07) is 22.0. The fraction of sp³-hybridized carbons (Fsp3) is 0.269. The Balaban J connectivity index is 1.84. The highest BCUT2D eigenvalue weighted by Crippen LogP contribution is 2.26. The lowest BCUT2D eigenvalue weighted by atomic mass is 9.77. The van der Waals surface area contributed by atoms with E-state index in [1.807, 2.05) is 75.4 Å². The van der Waals surface area contributed by atoms with Gasteiger partial charge in [-0.05, 0) is 74.6 Å². The normalized spacial score (nSPS) is 11.2. The molecule has 1 N–H and O–H groups in total. The topological polar surface area (TPSA) is 65.0 Å². The number of rotatable bonds is 9. The molecule has 0 amide bonds. The van der Waals surface area contributed by atoms with E-state index in [2.05, 4.69) is 0 Å². The van der Waals surface area contributed by atoms with Gasteiger partial charge in [0.1, 0.15) is 17.2 Å². The number of carbonyl (C=O) groups is 1. The van der Waals surface area contributed by atoms with Crippen LogP contribution in [0, 0.1) is 0 Å². The van der Waals surface area contributed by atoms with Gasteiger partial charge in [-0.3, -0.25) is 4.79 Å². The smallest absolute Gasteiger partial charge is 0.491 e. The highest BCUT2D eigenvalue weighted by atomic mass is 16.5. The van der Waals surface area contributed by atoms with Gasteiger partial charge in [-0.1, -0.05) is 36.4 Å². The summed E-state index contributed by atoms with van der Waals surface area (Å²) in [7, 11) is 0.478. The lowest BCUT2D eigenvalue weighted by Gasteiger charge is -2.22. The number of hydrogen-bond donors (Lipinski definition) is 1. The molecular weight excluding hydrogens is 403 g/mol. The molecule has 0 spiro atoms. The van der Waals surface area contributed by atoms with Crippen molar-refractivity contribution in [1.29, 1.82) is 0 Å². The summed E-state index contributed by atoms with van der Waals surface area (Å²) in [5.74, 6) is 1.79. The Morgan fingerprint density at radius 1 is 0.938 bits per heavy atom. The summed E-state index contributed by atoms with van der Waals surface area (Å²) >= 11 is 0. The van der Waals surface area contributed by atoms with Gasteiger partial charge in [0.2, 0.25) is 0 Å². The molecule has 3 rings (SSSR count). The molecule has 0 saturated carbocycles. The van der Waals surface area contributed by atoms with Gasteiger partial charge in [0.15, 0.2) is 5.78 Å². The van der Waals surface area contributed by atoms with E-state index in [9.17, 15) is 9.82 Å². The molecule has 0 aliphatic heterocycles. The molecule has 0 aliphatic carbocycles. The van der Waals surface area contributed by atoms with Crippen LogP contribution in [-0.4, -0.2) is 30.6 Å². The van der Waals surface area contributed by atoms with Crippen molar-refractivity contribution in [1.82, 2.24) is 0 Å². The van der Waals surface area contributed by atoms with Crippen molar-refractivity contribution < 1.29 is 23.9 Å². The Hall–Kier alpha value is -3.09. The lowest BCUT2D eigenvalue weighted by Crippen LogP contribution is -2.40. The third kappa shape index (κ3) is 6.71. The predicted octanol–water partition coefficient (Wildman–Crippen LogP) is 4.81. The van der Waals surface area contributed by atoms with Crippen LogP contribution < -0.4 is 14.9 Å². The summed E-state index contributed by atoms with van der Waals surface area (Å²) in [4.78, 5) is 13.2. The summed E-state index contributed by atoms with van der Waals surface area (Å²) in [6.45, 7) is 5.60. The molecule has 3 aromatic carbocycles. The zero-order valence-corrected chi connectivity index (χ0v) is 19.0. The number of hydrogen-bond acceptors (Lipinski definition) is 5. The Bertz CT molecular complexity index is 1030. The minimum atomic E-state index is -1.14.